The van der Waals surface area contributed by atoms with Crippen LogP contribution in [-0.2, 0) is 0 Å². The van der Waals surface area contributed by atoms with Crippen LogP contribution in [0.3, 0.4) is 0 Å². The average molecular weight is 274 g/mol. The molecule has 0 amide bonds. The van der Waals surface area contributed by atoms with Gasteiger partial charge in [-0.05, 0) is 58.0 Å². The van der Waals surface area contributed by atoms with Crippen molar-refractivity contribution in [3.63, 3.8) is 0 Å². The first-order valence-corrected chi connectivity index (χ1v) is 7.53. The number of likely N-dealkylation sites (N-methyl/N-ethyl adjacent to an activating group) is 1. The molecule has 3 nitrogen and oxygen atoms in total. The van der Waals surface area contributed by atoms with E-state index in [-0.39, 0.29) is 11.8 Å². The Hall–Kier alpha value is -1.19. The Kier molecular flexibility index (Phi) is 4.95. The van der Waals surface area contributed by atoms with E-state index in [0.717, 1.165) is 38.2 Å². The lowest BCUT2D eigenvalue weighted by molar-refractivity contribution is 0.0843. The number of carbonyl (C=O) groups is 1. The number of aryl methyl sites for hydroxylation is 2. The highest BCUT2D eigenvalue weighted by Gasteiger charge is 2.24. The zero-order valence-corrected chi connectivity index (χ0v) is 13.1. The number of hydrogen-bond donors (Lipinski definition) is 0. The standard InChI is InChI=1S/C17H26N2O/c1-13-6-7-16(12-14(13)2)17(20)15(3)19-9-5-8-18(4)10-11-19/h6-7,12,15H,5,8-11H2,1-4H3. The van der Waals surface area contributed by atoms with Gasteiger partial charge in [-0.1, -0.05) is 12.1 Å². The highest BCUT2D eigenvalue weighted by Crippen LogP contribution is 2.15. The summed E-state index contributed by atoms with van der Waals surface area (Å²) in [6, 6.07) is 6.01. The third kappa shape index (κ3) is 3.47. The van der Waals surface area contributed by atoms with Crippen LogP contribution in [0.2, 0.25) is 0 Å². The van der Waals surface area contributed by atoms with Crippen molar-refractivity contribution in [3.05, 3.63) is 34.9 Å². The Morgan fingerprint density at radius 1 is 1.10 bits per heavy atom. The first-order chi connectivity index (χ1) is 9.49. The quantitative estimate of drug-likeness (QED) is 0.791. The number of Topliss-reactive ketones (excluding diaryl/α,β-unsaturated/α-hetero) is 1. The van der Waals surface area contributed by atoms with Gasteiger partial charge >= 0.3 is 0 Å². The van der Waals surface area contributed by atoms with E-state index in [1.807, 2.05) is 25.1 Å². The molecule has 1 unspecified atom stereocenters. The fraction of sp³-hybridized carbons (Fsp3) is 0.588. The summed E-state index contributed by atoms with van der Waals surface area (Å²) in [5, 5.41) is 0. The summed E-state index contributed by atoms with van der Waals surface area (Å²) in [5.41, 5.74) is 3.28. The zero-order chi connectivity index (χ0) is 14.7. The molecule has 0 radical (unpaired) electrons. The Bertz CT molecular complexity index is 484. The Morgan fingerprint density at radius 3 is 2.55 bits per heavy atom. The van der Waals surface area contributed by atoms with Crippen LogP contribution in [0.4, 0.5) is 0 Å². The van der Waals surface area contributed by atoms with Crippen molar-refractivity contribution in [1.29, 1.82) is 0 Å². The van der Waals surface area contributed by atoms with E-state index in [1.54, 1.807) is 0 Å². The van der Waals surface area contributed by atoms with Crippen LogP contribution in [0.5, 0.6) is 0 Å². The van der Waals surface area contributed by atoms with Crippen LogP contribution in [0.1, 0.15) is 34.8 Å². The van der Waals surface area contributed by atoms with Gasteiger partial charge < -0.3 is 4.90 Å². The van der Waals surface area contributed by atoms with Crippen LogP contribution < -0.4 is 0 Å². The molecule has 1 aromatic rings. The minimum absolute atomic E-state index is 0.0244. The Morgan fingerprint density at radius 2 is 1.85 bits per heavy atom. The van der Waals surface area contributed by atoms with Crippen LogP contribution in [0.15, 0.2) is 18.2 Å². The predicted octanol–water partition coefficient (Wildman–Crippen LogP) is 2.51. The van der Waals surface area contributed by atoms with Crippen molar-refractivity contribution in [2.24, 2.45) is 0 Å². The molecule has 0 bridgehead atoms. The summed E-state index contributed by atoms with van der Waals surface area (Å²) in [5.74, 6) is 0.248. The monoisotopic (exact) mass is 274 g/mol. The van der Waals surface area contributed by atoms with Crippen molar-refractivity contribution in [2.45, 2.75) is 33.2 Å². The van der Waals surface area contributed by atoms with Crippen LogP contribution in [-0.4, -0.2) is 54.9 Å². The molecule has 0 saturated carbocycles. The number of nitrogens with zero attached hydrogens (tertiary/aromatic N) is 2. The second kappa shape index (κ2) is 6.51. The molecule has 1 atom stereocenters. The fourth-order valence-electron chi connectivity index (χ4n) is 2.76. The van der Waals surface area contributed by atoms with E-state index in [0.29, 0.717) is 0 Å². The molecule has 2 rings (SSSR count). The molecule has 1 aliphatic heterocycles. The van der Waals surface area contributed by atoms with Crippen LogP contribution >= 0.6 is 0 Å². The molecular weight excluding hydrogens is 248 g/mol. The molecule has 1 saturated heterocycles. The number of ketones is 1. The Labute approximate surface area is 122 Å². The second-order valence-corrected chi connectivity index (χ2v) is 6.03. The highest BCUT2D eigenvalue weighted by atomic mass is 16.1. The third-order valence-electron chi connectivity index (χ3n) is 4.47. The number of benzene rings is 1. The summed E-state index contributed by atoms with van der Waals surface area (Å²) in [6.45, 7) is 10.4. The van der Waals surface area contributed by atoms with Crippen molar-refractivity contribution in [1.82, 2.24) is 9.80 Å². The summed E-state index contributed by atoms with van der Waals surface area (Å²) < 4.78 is 0. The average Bonchev–Trinajstić information content (AvgIpc) is 2.65. The van der Waals surface area contributed by atoms with Gasteiger partial charge in [0.2, 0.25) is 0 Å². The fourth-order valence-corrected chi connectivity index (χ4v) is 2.76. The molecule has 1 aliphatic rings. The minimum Gasteiger partial charge on any atom is -0.305 e. The van der Waals surface area contributed by atoms with E-state index >= 15 is 0 Å². The van der Waals surface area contributed by atoms with Gasteiger partial charge in [-0.15, -0.1) is 0 Å². The van der Waals surface area contributed by atoms with Gasteiger partial charge in [-0.2, -0.15) is 0 Å². The molecular formula is C17H26N2O. The number of hydrogen-bond acceptors (Lipinski definition) is 3. The van der Waals surface area contributed by atoms with Crippen molar-refractivity contribution >= 4 is 5.78 Å². The topological polar surface area (TPSA) is 23.6 Å². The van der Waals surface area contributed by atoms with Crippen LogP contribution in [0, 0.1) is 13.8 Å². The minimum atomic E-state index is -0.0244. The van der Waals surface area contributed by atoms with E-state index in [2.05, 4.69) is 30.7 Å². The summed E-state index contributed by atoms with van der Waals surface area (Å²) >= 11 is 0. The molecule has 1 fully saturated rings. The predicted molar refractivity (Wildman–Crippen MR) is 83.4 cm³/mol. The first-order valence-electron chi connectivity index (χ1n) is 7.53. The van der Waals surface area contributed by atoms with Gasteiger partial charge in [-0.3, -0.25) is 9.69 Å². The molecule has 0 aromatic heterocycles. The van der Waals surface area contributed by atoms with Crippen molar-refractivity contribution < 1.29 is 4.79 Å². The summed E-state index contributed by atoms with van der Waals surface area (Å²) in [4.78, 5) is 17.3. The smallest absolute Gasteiger partial charge is 0.179 e. The second-order valence-electron chi connectivity index (χ2n) is 6.03. The van der Waals surface area contributed by atoms with Gasteiger partial charge in [0.15, 0.2) is 5.78 Å². The third-order valence-corrected chi connectivity index (χ3v) is 4.47. The zero-order valence-electron chi connectivity index (χ0n) is 13.1. The van der Waals surface area contributed by atoms with Gasteiger partial charge in [-0.25, -0.2) is 0 Å². The van der Waals surface area contributed by atoms with Gasteiger partial charge in [0.05, 0.1) is 6.04 Å². The lowest BCUT2D eigenvalue weighted by Gasteiger charge is -2.26. The lowest BCUT2D eigenvalue weighted by Crippen LogP contribution is -2.41. The molecule has 1 aromatic carbocycles. The first kappa shape index (κ1) is 15.2. The van der Waals surface area contributed by atoms with Gasteiger partial charge in [0.25, 0.3) is 0 Å². The van der Waals surface area contributed by atoms with E-state index in [1.165, 1.54) is 11.1 Å². The van der Waals surface area contributed by atoms with Gasteiger partial charge in [0.1, 0.15) is 0 Å². The molecule has 20 heavy (non-hydrogen) atoms. The van der Waals surface area contributed by atoms with E-state index in [9.17, 15) is 4.79 Å². The lowest BCUT2D eigenvalue weighted by atomic mass is 9.99. The summed E-state index contributed by atoms with van der Waals surface area (Å²) in [6.07, 6.45) is 1.14. The largest absolute Gasteiger partial charge is 0.305 e. The molecule has 0 aliphatic carbocycles. The Balaban J connectivity index is 2.09. The van der Waals surface area contributed by atoms with E-state index < -0.39 is 0 Å². The van der Waals surface area contributed by atoms with Gasteiger partial charge in [0, 0.05) is 25.2 Å². The van der Waals surface area contributed by atoms with Crippen molar-refractivity contribution in [3.8, 4) is 0 Å². The summed E-state index contributed by atoms with van der Waals surface area (Å²) in [7, 11) is 2.15. The highest BCUT2D eigenvalue weighted by molar-refractivity contribution is 6.00. The molecule has 1 heterocycles. The maximum absolute atomic E-state index is 12.6. The number of carbonyl (C=O) groups excluding carboxylic acids is 1. The molecule has 0 spiro atoms. The maximum Gasteiger partial charge on any atom is 0.179 e. The van der Waals surface area contributed by atoms with Crippen molar-refractivity contribution in [2.75, 3.05) is 33.2 Å². The SMILES string of the molecule is Cc1ccc(C(=O)C(C)N2CCCN(C)CC2)cc1C. The normalized spacial score (nSPS) is 19.6. The molecule has 3 heteroatoms. The molecule has 110 valence electrons. The molecule has 0 N–H and O–H groups in total. The maximum atomic E-state index is 12.6. The number of rotatable bonds is 3. The van der Waals surface area contributed by atoms with E-state index in [4.69, 9.17) is 0 Å². The van der Waals surface area contributed by atoms with Crippen LogP contribution in [0.25, 0.3) is 0 Å².